The highest BCUT2D eigenvalue weighted by Gasteiger charge is 2.41. The molecule has 0 amide bonds. The number of Topliss-reactive ketones (excluding diaryl/α,β-unsaturated/α-hetero) is 1. The summed E-state index contributed by atoms with van der Waals surface area (Å²) in [7, 11) is -2.02. The van der Waals surface area contributed by atoms with Crippen molar-refractivity contribution in [3.8, 4) is 0 Å². The van der Waals surface area contributed by atoms with E-state index in [9.17, 15) is 14.9 Å². The van der Waals surface area contributed by atoms with Crippen molar-refractivity contribution >= 4 is 14.1 Å². The number of rotatable bonds is 7. The predicted octanol–water partition coefficient (Wildman–Crippen LogP) is 3.41. The van der Waals surface area contributed by atoms with Crippen molar-refractivity contribution in [1.82, 2.24) is 0 Å². The first-order chi connectivity index (χ1) is 8.38. The second kappa shape index (κ2) is 6.61. The minimum absolute atomic E-state index is 0.0168. The summed E-state index contributed by atoms with van der Waals surface area (Å²) in [6.45, 7) is 13.6. The molecule has 0 rings (SSSR count). The Hall–Kier alpha value is -0.753. The van der Waals surface area contributed by atoms with Gasteiger partial charge >= 0.3 is 0 Å². The topological polar surface area (TPSA) is 69.4 Å². The maximum Gasteiger partial charge on any atom is 0.237 e. The second-order valence-electron chi connectivity index (χ2n) is 6.68. The van der Waals surface area contributed by atoms with Crippen LogP contribution in [0.4, 0.5) is 0 Å². The van der Waals surface area contributed by atoms with E-state index in [1.807, 2.05) is 0 Å². The fraction of sp³-hybridized carbons (Fsp3) is 0.923. The van der Waals surface area contributed by atoms with Gasteiger partial charge in [-0.1, -0.05) is 20.8 Å². The summed E-state index contributed by atoms with van der Waals surface area (Å²) >= 11 is 0. The van der Waals surface area contributed by atoms with Crippen molar-refractivity contribution in [2.45, 2.75) is 77.7 Å². The minimum Gasteiger partial charge on any atom is -0.407 e. The molecule has 0 aromatic heterocycles. The number of nitro groups is 1. The first kappa shape index (κ1) is 18.2. The Labute approximate surface area is 117 Å². The summed E-state index contributed by atoms with van der Waals surface area (Å²) in [6.07, 6.45) is 0.0184. The number of hydrogen-bond acceptors (Lipinski definition) is 4. The smallest absolute Gasteiger partial charge is 0.237 e. The van der Waals surface area contributed by atoms with Gasteiger partial charge in [0.2, 0.25) is 6.04 Å². The molecule has 112 valence electrons. The van der Waals surface area contributed by atoms with Gasteiger partial charge in [-0.25, -0.2) is 0 Å². The van der Waals surface area contributed by atoms with E-state index >= 15 is 0 Å². The standard InChI is InChI=1S/C13H27NO4Si/c1-10(15)8-9-12(14(16)17)11(2)18-19(6,7)13(3,4)5/h11-12H,8-9H2,1-7H3/t11?,12-/m0/s1. The van der Waals surface area contributed by atoms with Crippen molar-refractivity contribution in [2.24, 2.45) is 0 Å². The van der Waals surface area contributed by atoms with Gasteiger partial charge in [-0.2, -0.15) is 0 Å². The second-order valence-corrected chi connectivity index (χ2v) is 11.4. The molecule has 2 atom stereocenters. The fourth-order valence-electron chi connectivity index (χ4n) is 1.58. The Bertz CT molecular complexity index is 336. The largest absolute Gasteiger partial charge is 0.407 e. The molecular weight excluding hydrogens is 262 g/mol. The molecule has 0 bridgehead atoms. The first-order valence-electron chi connectivity index (χ1n) is 6.69. The molecule has 0 radical (unpaired) electrons. The first-order valence-corrected chi connectivity index (χ1v) is 9.60. The third-order valence-electron chi connectivity index (χ3n) is 3.89. The van der Waals surface area contributed by atoms with E-state index in [1.165, 1.54) is 6.92 Å². The Morgan fingerprint density at radius 1 is 1.37 bits per heavy atom. The van der Waals surface area contributed by atoms with Crippen LogP contribution in [0.1, 0.15) is 47.5 Å². The maximum absolute atomic E-state index is 11.1. The summed E-state index contributed by atoms with van der Waals surface area (Å²) in [6, 6.07) is -0.807. The van der Waals surface area contributed by atoms with Gasteiger partial charge in [-0.15, -0.1) is 0 Å². The van der Waals surface area contributed by atoms with E-state index in [0.29, 0.717) is 0 Å². The Kier molecular flexibility index (Phi) is 6.35. The number of carbonyl (C=O) groups is 1. The van der Waals surface area contributed by atoms with Crippen LogP contribution in [0.2, 0.25) is 18.1 Å². The van der Waals surface area contributed by atoms with Crippen molar-refractivity contribution < 1.29 is 14.1 Å². The Morgan fingerprint density at radius 2 is 1.84 bits per heavy atom. The normalized spacial score (nSPS) is 15.9. The molecule has 0 aromatic rings. The maximum atomic E-state index is 11.1. The van der Waals surface area contributed by atoms with Crippen LogP contribution in [-0.2, 0) is 9.22 Å². The van der Waals surface area contributed by atoms with Crippen molar-refractivity contribution in [2.75, 3.05) is 0 Å². The number of ketones is 1. The molecule has 0 saturated carbocycles. The van der Waals surface area contributed by atoms with Crippen LogP contribution < -0.4 is 0 Å². The molecule has 0 N–H and O–H groups in total. The van der Waals surface area contributed by atoms with Gasteiger partial charge in [0.15, 0.2) is 8.32 Å². The van der Waals surface area contributed by atoms with Crippen LogP contribution >= 0.6 is 0 Å². The third-order valence-corrected chi connectivity index (χ3v) is 8.46. The lowest BCUT2D eigenvalue weighted by atomic mass is 10.1. The van der Waals surface area contributed by atoms with Gasteiger partial charge in [0.25, 0.3) is 0 Å². The van der Waals surface area contributed by atoms with E-state index in [-0.39, 0.29) is 28.6 Å². The van der Waals surface area contributed by atoms with Gasteiger partial charge < -0.3 is 9.22 Å². The van der Waals surface area contributed by atoms with Crippen molar-refractivity contribution in [3.05, 3.63) is 10.1 Å². The summed E-state index contributed by atoms with van der Waals surface area (Å²) < 4.78 is 6.04. The quantitative estimate of drug-likeness (QED) is 0.409. The van der Waals surface area contributed by atoms with Crippen molar-refractivity contribution in [1.29, 1.82) is 0 Å². The summed E-state index contributed by atoms with van der Waals surface area (Å²) in [5, 5.41) is 11.1. The zero-order valence-electron chi connectivity index (χ0n) is 13.1. The molecule has 5 nitrogen and oxygen atoms in total. The number of hydrogen-bond donors (Lipinski definition) is 0. The van der Waals surface area contributed by atoms with E-state index in [2.05, 4.69) is 33.9 Å². The molecule has 0 spiro atoms. The molecule has 0 aliphatic rings. The lowest BCUT2D eigenvalue weighted by Crippen LogP contribution is -2.47. The fourth-order valence-corrected chi connectivity index (χ4v) is 3.02. The molecule has 0 aromatic carbocycles. The highest BCUT2D eigenvalue weighted by atomic mass is 28.4. The Morgan fingerprint density at radius 3 is 2.16 bits per heavy atom. The third kappa shape index (κ3) is 5.82. The summed E-state index contributed by atoms with van der Waals surface area (Å²) in [5.41, 5.74) is 0. The van der Waals surface area contributed by atoms with Gasteiger partial charge in [0.05, 0.1) is 0 Å². The van der Waals surface area contributed by atoms with Crippen molar-refractivity contribution in [3.63, 3.8) is 0 Å². The average Bonchev–Trinajstić information content (AvgIpc) is 2.13. The molecular formula is C13H27NO4Si. The average molecular weight is 289 g/mol. The highest BCUT2D eigenvalue weighted by molar-refractivity contribution is 6.74. The molecule has 0 heterocycles. The number of carbonyl (C=O) groups excluding carboxylic acids is 1. The van der Waals surface area contributed by atoms with E-state index in [4.69, 9.17) is 4.43 Å². The Balaban J connectivity index is 4.79. The molecule has 0 aliphatic heterocycles. The monoisotopic (exact) mass is 289 g/mol. The zero-order valence-corrected chi connectivity index (χ0v) is 14.1. The lowest BCUT2D eigenvalue weighted by Gasteiger charge is -2.38. The lowest BCUT2D eigenvalue weighted by molar-refractivity contribution is -0.533. The van der Waals surface area contributed by atoms with Gasteiger partial charge in [0, 0.05) is 17.8 Å². The van der Waals surface area contributed by atoms with Gasteiger partial charge in [-0.3, -0.25) is 10.1 Å². The molecule has 1 unspecified atom stereocenters. The van der Waals surface area contributed by atoms with Crippen LogP contribution in [0.15, 0.2) is 0 Å². The molecule has 0 saturated heterocycles. The SMILES string of the molecule is CC(=O)CC[C@@H](C(C)O[Si](C)(C)C(C)(C)C)[N+](=O)[O-]. The summed E-state index contributed by atoms with van der Waals surface area (Å²) in [5.74, 6) is -0.0219. The molecule has 19 heavy (non-hydrogen) atoms. The van der Waals surface area contributed by atoms with Crippen LogP contribution in [-0.4, -0.2) is 31.2 Å². The zero-order chi connectivity index (χ0) is 15.4. The van der Waals surface area contributed by atoms with E-state index in [1.54, 1.807) is 6.92 Å². The predicted molar refractivity (Wildman–Crippen MR) is 78.4 cm³/mol. The number of nitrogens with zero attached hydrogens (tertiary/aromatic N) is 1. The molecule has 0 aliphatic carbocycles. The van der Waals surface area contributed by atoms with Crippen LogP contribution in [0.25, 0.3) is 0 Å². The summed E-state index contributed by atoms with van der Waals surface area (Å²) in [4.78, 5) is 21.8. The van der Waals surface area contributed by atoms with Crippen LogP contribution in [0.5, 0.6) is 0 Å². The molecule has 6 heteroatoms. The van der Waals surface area contributed by atoms with E-state index in [0.717, 1.165) is 0 Å². The van der Waals surface area contributed by atoms with Crippen LogP contribution in [0, 0.1) is 10.1 Å². The highest BCUT2D eigenvalue weighted by Crippen LogP contribution is 2.37. The van der Waals surface area contributed by atoms with Gasteiger partial charge in [-0.05, 0) is 32.0 Å². The van der Waals surface area contributed by atoms with E-state index < -0.39 is 20.5 Å². The van der Waals surface area contributed by atoms with Crippen LogP contribution in [0.3, 0.4) is 0 Å². The minimum atomic E-state index is -2.02. The molecule has 0 fully saturated rings. The van der Waals surface area contributed by atoms with Gasteiger partial charge in [0.1, 0.15) is 11.9 Å².